The minimum Gasteiger partial charge on any atom is -0.492 e. The van der Waals surface area contributed by atoms with Gasteiger partial charge in [0.25, 0.3) is 0 Å². The lowest BCUT2D eigenvalue weighted by Gasteiger charge is -2.08. The zero-order valence-electron chi connectivity index (χ0n) is 10.9. The van der Waals surface area contributed by atoms with Gasteiger partial charge in [-0.25, -0.2) is 0 Å². The predicted molar refractivity (Wildman–Crippen MR) is 74.7 cm³/mol. The summed E-state index contributed by atoms with van der Waals surface area (Å²) in [7, 11) is 1.62. The third-order valence-electron chi connectivity index (χ3n) is 2.28. The zero-order valence-corrected chi connectivity index (χ0v) is 11.7. The van der Waals surface area contributed by atoms with Crippen LogP contribution in [-0.4, -0.2) is 45.9 Å². The first kappa shape index (κ1) is 15.8. The minimum atomic E-state index is -0.0594. The van der Waals surface area contributed by atoms with E-state index >= 15 is 0 Å². The van der Waals surface area contributed by atoms with E-state index in [9.17, 15) is 4.79 Å². The fraction of sp³-hybridized carbons (Fsp3) is 0.462. The molecule has 19 heavy (non-hydrogen) atoms. The summed E-state index contributed by atoms with van der Waals surface area (Å²) in [5, 5.41) is 6.38. The molecule has 6 heteroatoms. The summed E-state index contributed by atoms with van der Waals surface area (Å²) in [4.78, 5) is 11.4. The van der Waals surface area contributed by atoms with Crippen molar-refractivity contribution in [1.29, 1.82) is 0 Å². The lowest BCUT2D eigenvalue weighted by Crippen LogP contribution is -2.37. The molecule has 0 aliphatic rings. The second-order valence-electron chi connectivity index (χ2n) is 3.82. The number of carbonyl (C=O) groups is 1. The van der Waals surface area contributed by atoms with Gasteiger partial charge in [0.15, 0.2) is 0 Å². The van der Waals surface area contributed by atoms with Crippen LogP contribution in [0.2, 0.25) is 5.02 Å². The van der Waals surface area contributed by atoms with Crippen LogP contribution in [0.15, 0.2) is 24.3 Å². The van der Waals surface area contributed by atoms with E-state index in [1.54, 1.807) is 31.4 Å². The van der Waals surface area contributed by atoms with Crippen molar-refractivity contribution in [3.05, 3.63) is 29.3 Å². The number of carbonyl (C=O) groups excluding carboxylic acids is 1. The molecule has 2 N–H and O–H groups in total. The van der Waals surface area contributed by atoms with E-state index in [1.807, 2.05) is 0 Å². The van der Waals surface area contributed by atoms with Gasteiger partial charge in [0.05, 0.1) is 19.7 Å². The summed E-state index contributed by atoms with van der Waals surface area (Å²) in [5.41, 5.74) is 0. The first-order valence-corrected chi connectivity index (χ1v) is 6.45. The van der Waals surface area contributed by atoms with E-state index in [1.165, 1.54) is 0 Å². The molecule has 0 radical (unpaired) electrons. The van der Waals surface area contributed by atoms with Gasteiger partial charge in [0.1, 0.15) is 12.4 Å². The van der Waals surface area contributed by atoms with Crippen molar-refractivity contribution in [2.24, 2.45) is 0 Å². The molecule has 1 amide bonds. The number of halogens is 1. The molecule has 0 saturated carbocycles. The number of hydrogen-bond acceptors (Lipinski definition) is 4. The summed E-state index contributed by atoms with van der Waals surface area (Å²) >= 11 is 5.76. The van der Waals surface area contributed by atoms with E-state index in [-0.39, 0.29) is 12.5 Å². The van der Waals surface area contributed by atoms with Gasteiger partial charge in [0, 0.05) is 18.7 Å². The molecule has 0 fully saturated rings. The van der Waals surface area contributed by atoms with E-state index in [2.05, 4.69) is 10.6 Å². The van der Waals surface area contributed by atoms with Crippen LogP contribution in [-0.2, 0) is 9.53 Å². The average molecular weight is 287 g/mol. The molecule has 0 aliphatic heterocycles. The van der Waals surface area contributed by atoms with Crippen LogP contribution in [0, 0.1) is 0 Å². The Morgan fingerprint density at radius 2 is 1.95 bits per heavy atom. The molecular weight excluding hydrogens is 268 g/mol. The first-order valence-electron chi connectivity index (χ1n) is 6.07. The Morgan fingerprint density at radius 3 is 2.63 bits per heavy atom. The lowest BCUT2D eigenvalue weighted by molar-refractivity contribution is -0.120. The van der Waals surface area contributed by atoms with Crippen LogP contribution in [0.4, 0.5) is 0 Å². The molecule has 1 rings (SSSR count). The molecule has 0 unspecified atom stereocenters. The zero-order chi connectivity index (χ0) is 13.9. The number of benzene rings is 1. The maximum atomic E-state index is 11.4. The molecule has 0 bridgehead atoms. The monoisotopic (exact) mass is 286 g/mol. The van der Waals surface area contributed by atoms with E-state index in [0.29, 0.717) is 31.3 Å². The van der Waals surface area contributed by atoms with Gasteiger partial charge < -0.3 is 20.1 Å². The molecule has 106 valence electrons. The Labute approximate surface area is 118 Å². The lowest BCUT2D eigenvalue weighted by atomic mass is 10.3. The van der Waals surface area contributed by atoms with Crippen LogP contribution >= 0.6 is 11.6 Å². The Hall–Kier alpha value is -1.30. The number of methoxy groups -OCH3 is 1. The smallest absolute Gasteiger partial charge is 0.234 e. The van der Waals surface area contributed by atoms with Gasteiger partial charge in [-0.1, -0.05) is 11.6 Å². The van der Waals surface area contributed by atoms with Crippen molar-refractivity contribution in [2.45, 2.75) is 0 Å². The van der Waals surface area contributed by atoms with Gasteiger partial charge in [-0.15, -0.1) is 0 Å². The van der Waals surface area contributed by atoms with Crippen LogP contribution in [0.5, 0.6) is 5.75 Å². The van der Waals surface area contributed by atoms with E-state index in [4.69, 9.17) is 21.1 Å². The standard InChI is InChI=1S/C13H19ClN2O3/c1-18-8-6-15-10-13(17)16-7-9-19-12-4-2-11(14)3-5-12/h2-5,15H,6-10H2,1H3,(H,16,17). The van der Waals surface area contributed by atoms with Crippen LogP contribution in [0.25, 0.3) is 0 Å². The van der Waals surface area contributed by atoms with Crippen molar-refractivity contribution in [2.75, 3.05) is 40.0 Å². The van der Waals surface area contributed by atoms with Crippen molar-refractivity contribution in [1.82, 2.24) is 10.6 Å². The number of rotatable bonds is 9. The molecule has 0 heterocycles. The Balaban J connectivity index is 2.03. The fourth-order valence-corrected chi connectivity index (χ4v) is 1.45. The van der Waals surface area contributed by atoms with Crippen LogP contribution in [0.3, 0.4) is 0 Å². The Kier molecular flexibility index (Phi) is 7.97. The topological polar surface area (TPSA) is 59.6 Å². The van der Waals surface area contributed by atoms with E-state index < -0.39 is 0 Å². The number of amides is 1. The molecule has 5 nitrogen and oxygen atoms in total. The second-order valence-corrected chi connectivity index (χ2v) is 4.26. The Morgan fingerprint density at radius 1 is 1.21 bits per heavy atom. The summed E-state index contributed by atoms with van der Waals surface area (Å²) in [5.74, 6) is 0.674. The molecule has 0 saturated heterocycles. The highest BCUT2D eigenvalue weighted by Gasteiger charge is 1.99. The summed E-state index contributed by atoms with van der Waals surface area (Å²) < 4.78 is 10.3. The number of hydrogen-bond donors (Lipinski definition) is 2. The quantitative estimate of drug-likeness (QED) is 0.667. The van der Waals surface area contributed by atoms with Gasteiger partial charge in [-0.3, -0.25) is 4.79 Å². The summed E-state index contributed by atoms with van der Waals surface area (Å²) in [6.45, 7) is 2.42. The largest absolute Gasteiger partial charge is 0.492 e. The summed E-state index contributed by atoms with van der Waals surface area (Å²) in [6.07, 6.45) is 0. The van der Waals surface area contributed by atoms with Gasteiger partial charge >= 0.3 is 0 Å². The predicted octanol–water partition coefficient (Wildman–Crippen LogP) is 1.07. The first-order chi connectivity index (χ1) is 9.22. The second kappa shape index (κ2) is 9.61. The average Bonchev–Trinajstić information content (AvgIpc) is 2.42. The van der Waals surface area contributed by atoms with Crippen molar-refractivity contribution >= 4 is 17.5 Å². The highest BCUT2D eigenvalue weighted by Crippen LogP contribution is 2.14. The van der Waals surface area contributed by atoms with E-state index in [0.717, 1.165) is 5.75 Å². The SMILES string of the molecule is COCCNCC(=O)NCCOc1ccc(Cl)cc1. The Bertz CT molecular complexity index is 371. The minimum absolute atomic E-state index is 0.0594. The van der Waals surface area contributed by atoms with Crippen LogP contribution < -0.4 is 15.4 Å². The maximum absolute atomic E-state index is 11.4. The molecule has 1 aromatic rings. The van der Waals surface area contributed by atoms with Crippen molar-refractivity contribution in [3.63, 3.8) is 0 Å². The highest BCUT2D eigenvalue weighted by molar-refractivity contribution is 6.30. The number of ether oxygens (including phenoxy) is 2. The molecule has 0 atom stereocenters. The van der Waals surface area contributed by atoms with Crippen LogP contribution in [0.1, 0.15) is 0 Å². The highest BCUT2D eigenvalue weighted by atomic mass is 35.5. The van der Waals surface area contributed by atoms with Gasteiger partial charge in [0.2, 0.25) is 5.91 Å². The normalized spacial score (nSPS) is 10.2. The molecule has 1 aromatic carbocycles. The summed E-state index contributed by atoms with van der Waals surface area (Å²) in [6, 6.07) is 7.09. The third kappa shape index (κ3) is 7.66. The van der Waals surface area contributed by atoms with Gasteiger partial charge in [-0.2, -0.15) is 0 Å². The van der Waals surface area contributed by atoms with Crippen molar-refractivity contribution < 1.29 is 14.3 Å². The van der Waals surface area contributed by atoms with Gasteiger partial charge in [-0.05, 0) is 24.3 Å². The maximum Gasteiger partial charge on any atom is 0.234 e. The fourth-order valence-electron chi connectivity index (χ4n) is 1.33. The molecular formula is C13H19ClN2O3. The third-order valence-corrected chi connectivity index (χ3v) is 2.53. The van der Waals surface area contributed by atoms with Crippen molar-refractivity contribution in [3.8, 4) is 5.75 Å². The molecule has 0 aliphatic carbocycles. The number of nitrogens with one attached hydrogen (secondary N) is 2. The molecule has 0 spiro atoms. The molecule has 0 aromatic heterocycles.